The number of halogens is 1. The minimum atomic E-state index is -4.03. The van der Waals surface area contributed by atoms with Gasteiger partial charge in [-0.1, -0.05) is 35.9 Å². The second-order valence-electron chi connectivity index (χ2n) is 8.20. The number of carbonyl (C=O) groups is 2. The molecule has 1 heterocycles. The van der Waals surface area contributed by atoms with Crippen LogP contribution in [-0.2, 0) is 19.6 Å². The lowest BCUT2D eigenvalue weighted by molar-refractivity contribution is -0.122. The number of hydrogen-bond donors (Lipinski definition) is 2. The summed E-state index contributed by atoms with van der Waals surface area (Å²) in [5.74, 6) is -0.699. The van der Waals surface area contributed by atoms with Crippen molar-refractivity contribution in [1.29, 1.82) is 0 Å². The van der Waals surface area contributed by atoms with Gasteiger partial charge in [-0.2, -0.15) is 0 Å². The second kappa shape index (κ2) is 11.6. The van der Waals surface area contributed by atoms with E-state index in [9.17, 15) is 18.0 Å². The van der Waals surface area contributed by atoms with Crippen molar-refractivity contribution >= 4 is 44.8 Å². The van der Waals surface area contributed by atoms with Crippen LogP contribution in [0.3, 0.4) is 0 Å². The van der Waals surface area contributed by atoms with E-state index >= 15 is 0 Å². The molecular formula is C26H26ClN3O6S. The number of nitrogens with one attached hydrogen (secondary N) is 2. The van der Waals surface area contributed by atoms with Gasteiger partial charge in [0.25, 0.3) is 21.8 Å². The smallest absolute Gasteiger partial charge is 0.267 e. The first-order valence-electron chi connectivity index (χ1n) is 11.5. The van der Waals surface area contributed by atoms with E-state index in [1.165, 1.54) is 24.3 Å². The maximum absolute atomic E-state index is 13.5. The van der Waals surface area contributed by atoms with Gasteiger partial charge in [0.1, 0.15) is 5.75 Å². The van der Waals surface area contributed by atoms with Crippen LogP contribution < -0.4 is 19.7 Å². The van der Waals surface area contributed by atoms with Gasteiger partial charge in [0.15, 0.2) is 6.10 Å². The zero-order valence-corrected chi connectivity index (χ0v) is 21.6. The average Bonchev–Trinajstić information content (AvgIpc) is 2.91. The number of ether oxygens (including phenoxy) is 2. The van der Waals surface area contributed by atoms with Crippen LogP contribution >= 0.6 is 11.6 Å². The van der Waals surface area contributed by atoms with Gasteiger partial charge < -0.3 is 20.1 Å². The van der Waals surface area contributed by atoms with Gasteiger partial charge in [0.2, 0.25) is 0 Å². The summed E-state index contributed by atoms with van der Waals surface area (Å²) in [5.41, 5.74) is 0.874. The van der Waals surface area contributed by atoms with E-state index in [2.05, 4.69) is 10.6 Å². The van der Waals surface area contributed by atoms with Crippen LogP contribution in [-0.4, -0.2) is 53.1 Å². The molecule has 0 saturated carbocycles. The molecule has 0 radical (unpaired) electrons. The molecule has 1 atom stereocenters. The van der Waals surface area contributed by atoms with Gasteiger partial charge in [-0.25, -0.2) is 8.42 Å². The molecule has 194 valence electrons. The summed E-state index contributed by atoms with van der Waals surface area (Å²) in [4.78, 5) is 26.0. The van der Waals surface area contributed by atoms with E-state index in [0.29, 0.717) is 30.3 Å². The molecule has 37 heavy (non-hydrogen) atoms. The van der Waals surface area contributed by atoms with E-state index in [4.69, 9.17) is 21.1 Å². The summed E-state index contributed by atoms with van der Waals surface area (Å²) in [6.07, 6.45) is -0.529. The molecule has 3 aromatic rings. The first kappa shape index (κ1) is 26.5. The fourth-order valence-electron chi connectivity index (χ4n) is 3.82. The first-order valence-corrected chi connectivity index (χ1v) is 13.3. The van der Waals surface area contributed by atoms with Crippen LogP contribution in [0.2, 0.25) is 5.02 Å². The Balaban J connectivity index is 1.57. The Kier molecular flexibility index (Phi) is 8.32. The zero-order valence-electron chi connectivity index (χ0n) is 20.0. The lowest BCUT2D eigenvalue weighted by Crippen LogP contribution is -2.49. The number of rotatable bonds is 9. The highest BCUT2D eigenvalue weighted by Crippen LogP contribution is 2.37. The van der Waals surface area contributed by atoms with Crippen LogP contribution in [0.5, 0.6) is 5.75 Å². The number of sulfonamides is 1. The van der Waals surface area contributed by atoms with E-state index < -0.39 is 22.0 Å². The molecule has 1 aliphatic heterocycles. The quantitative estimate of drug-likeness (QED) is 0.398. The third-order valence-corrected chi connectivity index (χ3v) is 7.72. The van der Waals surface area contributed by atoms with Gasteiger partial charge >= 0.3 is 0 Å². The summed E-state index contributed by atoms with van der Waals surface area (Å²) in [6.45, 7) is 0.656. The van der Waals surface area contributed by atoms with Gasteiger partial charge in [0.05, 0.1) is 28.4 Å². The average molecular weight is 544 g/mol. The first-order chi connectivity index (χ1) is 17.8. The fraction of sp³-hybridized carbons (Fsp3) is 0.231. The highest BCUT2D eigenvalue weighted by atomic mass is 35.5. The van der Waals surface area contributed by atoms with Crippen LogP contribution in [0.25, 0.3) is 0 Å². The van der Waals surface area contributed by atoms with Crippen molar-refractivity contribution < 1.29 is 27.5 Å². The van der Waals surface area contributed by atoms with Crippen LogP contribution in [0.4, 0.5) is 11.4 Å². The normalized spacial score (nSPS) is 14.9. The van der Waals surface area contributed by atoms with Crippen molar-refractivity contribution in [2.75, 3.05) is 36.4 Å². The summed E-state index contributed by atoms with van der Waals surface area (Å²) in [5, 5.41) is 5.92. The third kappa shape index (κ3) is 6.04. The monoisotopic (exact) mass is 543 g/mol. The molecule has 0 bridgehead atoms. The molecule has 0 saturated heterocycles. The van der Waals surface area contributed by atoms with Crippen LogP contribution in [0.15, 0.2) is 77.7 Å². The molecule has 0 spiro atoms. The maximum Gasteiger partial charge on any atom is 0.267 e. The van der Waals surface area contributed by atoms with E-state index in [1.54, 1.807) is 55.6 Å². The van der Waals surface area contributed by atoms with Crippen molar-refractivity contribution in [3.05, 3.63) is 83.4 Å². The van der Waals surface area contributed by atoms with E-state index in [0.717, 1.165) is 4.31 Å². The Morgan fingerprint density at radius 1 is 1.05 bits per heavy atom. The molecule has 0 aromatic heterocycles. The molecule has 0 unspecified atom stereocenters. The van der Waals surface area contributed by atoms with Gasteiger partial charge in [0, 0.05) is 25.3 Å². The number of carbonyl (C=O) groups excluding carboxylic acids is 2. The molecule has 11 heteroatoms. The number of anilines is 2. The number of hydrogen-bond acceptors (Lipinski definition) is 6. The topological polar surface area (TPSA) is 114 Å². The molecule has 4 rings (SSSR count). The van der Waals surface area contributed by atoms with Gasteiger partial charge in [-0.3, -0.25) is 13.9 Å². The molecule has 2 amide bonds. The van der Waals surface area contributed by atoms with Gasteiger partial charge in [-0.15, -0.1) is 0 Å². The van der Waals surface area contributed by atoms with Crippen molar-refractivity contribution in [3.63, 3.8) is 0 Å². The Labute approximate surface area is 220 Å². The number of fused-ring (bicyclic) bond motifs is 1. The standard InChI is InChI=1S/C26H26ClN3O6S/c1-35-16-6-15-28-25(31)20-7-2-3-8-21(20)29-26(32)24-17-30(22-9-4-5-10-23(22)36-24)37(33,34)19-13-11-18(27)12-14-19/h2-5,7-14,24H,6,15-17H2,1H3,(H,28,31)(H,29,32)/t24-/m1/s1. The fourth-order valence-corrected chi connectivity index (χ4v) is 5.42. The van der Waals surface area contributed by atoms with Crippen LogP contribution in [0.1, 0.15) is 16.8 Å². The second-order valence-corrected chi connectivity index (χ2v) is 10.5. The van der Waals surface area contributed by atoms with Crippen molar-refractivity contribution in [1.82, 2.24) is 5.32 Å². The lowest BCUT2D eigenvalue weighted by atomic mass is 10.1. The predicted molar refractivity (Wildman–Crippen MR) is 141 cm³/mol. The number of amides is 2. The molecule has 1 aliphatic rings. The van der Waals surface area contributed by atoms with Gasteiger partial charge in [-0.05, 0) is 55.0 Å². The highest BCUT2D eigenvalue weighted by molar-refractivity contribution is 7.92. The summed E-state index contributed by atoms with van der Waals surface area (Å²) in [7, 11) is -2.44. The van der Waals surface area contributed by atoms with Crippen molar-refractivity contribution in [2.24, 2.45) is 0 Å². The SMILES string of the molecule is COCCCNC(=O)c1ccccc1NC(=O)[C@H]1CN(S(=O)(=O)c2ccc(Cl)cc2)c2ccccc2O1. The predicted octanol–water partition coefficient (Wildman–Crippen LogP) is 3.70. The maximum atomic E-state index is 13.5. The Morgan fingerprint density at radius 3 is 2.51 bits per heavy atom. The Morgan fingerprint density at radius 2 is 1.76 bits per heavy atom. The molecule has 9 nitrogen and oxygen atoms in total. The number of para-hydroxylation sites is 3. The zero-order chi connectivity index (χ0) is 26.4. The van der Waals surface area contributed by atoms with Crippen molar-refractivity contribution in [3.8, 4) is 5.75 Å². The Bertz CT molecular complexity index is 1380. The summed E-state index contributed by atoms with van der Waals surface area (Å²) >= 11 is 5.93. The highest BCUT2D eigenvalue weighted by Gasteiger charge is 2.37. The number of methoxy groups -OCH3 is 1. The van der Waals surface area contributed by atoms with Crippen molar-refractivity contribution in [2.45, 2.75) is 17.4 Å². The number of nitrogens with zero attached hydrogens (tertiary/aromatic N) is 1. The van der Waals surface area contributed by atoms with E-state index in [-0.39, 0.29) is 34.3 Å². The minimum absolute atomic E-state index is 0.0308. The minimum Gasteiger partial charge on any atom is -0.476 e. The number of benzene rings is 3. The third-order valence-electron chi connectivity index (χ3n) is 5.67. The molecular weight excluding hydrogens is 518 g/mol. The molecule has 0 aliphatic carbocycles. The summed E-state index contributed by atoms with van der Waals surface area (Å²) < 4.78 is 39.0. The largest absolute Gasteiger partial charge is 0.476 e. The summed E-state index contributed by atoms with van der Waals surface area (Å²) in [6, 6.07) is 18.9. The van der Waals surface area contributed by atoms with E-state index in [1.807, 2.05) is 0 Å². The molecule has 3 aromatic carbocycles. The molecule has 2 N–H and O–H groups in total. The van der Waals surface area contributed by atoms with Crippen LogP contribution in [0, 0.1) is 0 Å². The lowest BCUT2D eigenvalue weighted by Gasteiger charge is -2.34. The Hall–Kier alpha value is -3.60. The molecule has 0 fully saturated rings.